The van der Waals surface area contributed by atoms with Gasteiger partial charge in [-0.2, -0.15) is 0 Å². The Labute approximate surface area is 163 Å². The summed E-state index contributed by atoms with van der Waals surface area (Å²) in [4.78, 5) is 1.33. The SMILES string of the molecule is CCC.COCCCNC1c2ccc(C)cc2SN(C)c2ccccc21. The Balaban J connectivity index is 0.000000758. The van der Waals surface area contributed by atoms with Gasteiger partial charge in [0, 0.05) is 25.7 Å². The molecule has 0 fully saturated rings. The predicted octanol–water partition coefficient (Wildman–Crippen LogP) is 5.58. The van der Waals surface area contributed by atoms with Crippen molar-refractivity contribution in [3.05, 3.63) is 59.2 Å². The third-order valence-corrected chi connectivity index (χ3v) is 5.20. The molecule has 2 aromatic rings. The number of nitrogens with one attached hydrogen (secondary N) is 1. The number of fused-ring (bicyclic) bond motifs is 2. The summed E-state index contributed by atoms with van der Waals surface area (Å²) >= 11 is 1.81. The first-order valence-electron chi connectivity index (χ1n) is 9.45. The molecular weight excluding hydrogens is 340 g/mol. The molecule has 142 valence electrons. The topological polar surface area (TPSA) is 24.5 Å². The first-order valence-corrected chi connectivity index (χ1v) is 10.2. The highest BCUT2D eigenvalue weighted by Crippen LogP contribution is 2.43. The molecule has 3 nitrogen and oxygen atoms in total. The number of ether oxygens (including phenoxy) is 1. The van der Waals surface area contributed by atoms with E-state index in [1.165, 1.54) is 33.7 Å². The van der Waals surface area contributed by atoms with Gasteiger partial charge >= 0.3 is 0 Å². The number of rotatable bonds is 5. The van der Waals surface area contributed by atoms with E-state index in [0.717, 1.165) is 19.6 Å². The van der Waals surface area contributed by atoms with E-state index in [1.807, 2.05) is 0 Å². The standard InChI is InChI=1S/C19H24N2OS.C3H8/c1-14-9-10-16-18(13-14)23-21(2)17-8-5-4-7-15(17)19(16)20-11-6-12-22-3;1-3-2/h4-5,7-10,13,19-20H,6,11-12H2,1-3H3;3H2,1-2H3. The average molecular weight is 373 g/mol. The maximum Gasteiger partial charge on any atom is 0.0609 e. The second kappa shape index (κ2) is 10.6. The molecule has 0 amide bonds. The molecule has 0 aliphatic carbocycles. The minimum absolute atomic E-state index is 0.219. The van der Waals surface area contributed by atoms with Gasteiger partial charge in [0.05, 0.1) is 11.7 Å². The van der Waals surface area contributed by atoms with E-state index in [1.54, 1.807) is 19.1 Å². The molecule has 0 spiro atoms. The second-order valence-electron chi connectivity index (χ2n) is 6.63. The van der Waals surface area contributed by atoms with Crippen LogP contribution in [0.4, 0.5) is 5.69 Å². The zero-order valence-corrected chi connectivity index (χ0v) is 17.5. The molecule has 1 aliphatic rings. The van der Waals surface area contributed by atoms with Gasteiger partial charge in [-0.15, -0.1) is 0 Å². The third kappa shape index (κ3) is 5.26. The first-order chi connectivity index (χ1) is 12.6. The number of anilines is 1. The lowest BCUT2D eigenvalue weighted by Gasteiger charge is -2.22. The van der Waals surface area contributed by atoms with Crippen molar-refractivity contribution in [2.24, 2.45) is 0 Å². The maximum absolute atomic E-state index is 5.18. The number of aryl methyl sites for hydroxylation is 1. The number of hydrogen-bond acceptors (Lipinski definition) is 4. The molecule has 2 aromatic carbocycles. The molecule has 1 heterocycles. The Bertz CT molecular complexity index is 690. The van der Waals surface area contributed by atoms with Crippen LogP contribution in [0.15, 0.2) is 47.4 Å². The van der Waals surface area contributed by atoms with Crippen molar-refractivity contribution in [3.8, 4) is 0 Å². The Morgan fingerprint density at radius 1 is 1.12 bits per heavy atom. The maximum atomic E-state index is 5.18. The lowest BCUT2D eigenvalue weighted by atomic mass is 9.96. The fraction of sp³-hybridized carbons (Fsp3) is 0.455. The summed E-state index contributed by atoms with van der Waals surface area (Å²) < 4.78 is 7.44. The van der Waals surface area contributed by atoms with Gasteiger partial charge in [-0.05, 0) is 60.7 Å². The van der Waals surface area contributed by atoms with E-state index < -0.39 is 0 Å². The molecule has 26 heavy (non-hydrogen) atoms. The van der Waals surface area contributed by atoms with Crippen LogP contribution in [0, 0.1) is 6.92 Å². The highest BCUT2D eigenvalue weighted by Gasteiger charge is 2.25. The molecular formula is C22H32N2OS. The van der Waals surface area contributed by atoms with Gasteiger partial charge in [-0.25, -0.2) is 0 Å². The van der Waals surface area contributed by atoms with Crippen LogP contribution >= 0.6 is 11.9 Å². The fourth-order valence-electron chi connectivity index (χ4n) is 3.02. The highest BCUT2D eigenvalue weighted by atomic mass is 32.2. The van der Waals surface area contributed by atoms with Crippen LogP contribution in [0.2, 0.25) is 0 Å². The number of para-hydroxylation sites is 1. The normalized spacial score (nSPS) is 15.4. The van der Waals surface area contributed by atoms with Gasteiger partial charge in [0.25, 0.3) is 0 Å². The van der Waals surface area contributed by atoms with Crippen molar-refractivity contribution in [1.29, 1.82) is 0 Å². The Morgan fingerprint density at radius 3 is 2.58 bits per heavy atom. The van der Waals surface area contributed by atoms with Crippen molar-refractivity contribution in [2.45, 2.75) is 44.6 Å². The molecule has 0 saturated heterocycles. The van der Waals surface area contributed by atoms with E-state index >= 15 is 0 Å². The molecule has 1 unspecified atom stereocenters. The highest BCUT2D eigenvalue weighted by molar-refractivity contribution is 8.00. The Kier molecular flexibility index (Phi) is 8.49. The number of benzene rings is 2. The number of methoxy groups -OCH3 is 1. The summed E-state index contributed by atoms with van der Waals surface area (Å²) in [6.07, 6.45) is 2.26. The molecule has 3 rings (SSSR count). The largest absolute Gasteiger partial charge is 0.385 e. The lowest BCUT2D eigenvalue weighted by molar-refractivity contribution is 0.193. The van der Waals surface area contributed by atoms with Crippen LogP contribution in [-0.2, 0) is 4.74 Å². The summed E-state index contributed by atoms with van der Waals surface area (Å²) in [7, 11) is 3.90. The summed E-state index contributed by atoms with van der Waals surface area (Å²) in [6, 6.07) is 15.6. The Hall–Kier alpha value is -1.49. The van der Waals surface area contributed by atoms with Crippen molar-refractivity contribution in [3.63, 3.8) is 0 Å². The number of hydrogen-bond donors (Lipinski definition) is 1. The minimum Gasteiger partial charge on any atom is -0.385 e. The molecule has 1 N–H and O–H groups in total. The summed E-state index contributed by atoms with van der Waals surface area (Å²) in [5.74, 6) is 0. The van der Waals surface area contributed by atoms with Crippen LogP contribution in [0.3, 0.4) is 0 Å². The summed E-state index contributed by atoms with van der Waals surface area (Å²) in [5, 5.41) is 3.73. The molecule has 0 aromatic heterocycles. The summed E-state index contributed by atoms with van der Waals surface area (Å²) in [5.41, 5.74) is 5.27. The zero-order chi connectivity index (χ0) is 18.9. The van der Waals surface area contributed by atoms with Gasteiger partial charge in [-0.1, -0.05) is 50.6 Å². The van der Waals surface area contributed by atoms with Crippen molar-refractivity contribution in [2.75, 3.05) is 31.6 Å². The average Bonchev–Trinajstić information content (AvgIpc) is 2.74. The quantitative estimate of drug-likeness (QED) is 0.547. The smallest absolute Gasteiger partial charge is 0.0609 e. The van der Waals surface area contributed by atoms with Crippen molar-refractivity contribution >= 4 is 17.6 Å². The fourth-order valence-corrected chi connectivity index (χ4v) is 4.11. The van der Waals surface area contributed by atoms with E-state index in [9.17, 15) is 0 Å². The molecule has 0 radical (unpaired) electrons. The predicted molar refractivity (Wildman–Crippen MR) is 114 cm³/mol. The molecule has 1 atom stereocenters. The molecule has 1 aliphatic heterocycles. The van der Waals surface area contributed by atoms with Crippen LogP contribution in [0.1, 0.15) is 49.4 Å². The van der Waals surface area contributed by atoms with Gasteiger partial charge in [-0.3, -0.25) is 0 Å². The second-order valence-corrected chi connectivity index (χ2v) is 7.80. The van der Waals surface area contributed by atoms with E-state index in [2.05, 4.69) is 79.9 Å². The Morgan fingerprint density at radius 2 is 1.85 bits per heavy atom. The summed E-state index contributed by atoms with van der Waals surface area (Å²) in [6.45, 7) is 8.13. The van der Waals surface area contributed by atoms with Gasteiger partial charge in [0.1, 0.15) is 0 Å². The third-order valence-electron chi connectivity index (χ3n) is 4.18. The minimum atomic E-state index is 0.219. The van der Waals surface area contributed by atoms with Gasteiger partial charge < -0.3 is 14.4 Å². The van der Waals surface area contributed by atoms with Gasteiger partial charge in [0.15, 0.2) is 0 Å². The first kappa shape index (κ1) is 20.8. The van der Waals surface area contributed by atoms with E-state index in [-0.39, 0.29) is 6.04 Å². The number of nitrogens with zero attached hydrogens (tertiary/aromatic N) is 1. The molecule has 0 saturated carbocycles. The van der Waals surface area contributed by atoms with Crippen LogP contribution in [0.5, 0.6) is 0 Å². The molecule has 4 heteroatoms. The van der Waals surface area contributed by atoms with Crippen LogP contribution in [-0.4, -0.2) is 27.3 Å². The van der Waals surface area contributed by atoms with Gasteiger partial charge in [0.2, 0.25) is 0 Å². The van der Waals surface area contributed by atoms with E-state index in [4.69, 9.17) is 4.74 Å². The van der Waals surface area contributed by atoms with Crippen LogP contribution in [0.25, 0.3) is 0 Å². The van der Waals surface area contributed by atoms with Crippen LogP contribution < -0.4 is 9.62 Å². The monoisotopic (exact) mass is 372 g/mol. The van der Waals surface area contributed by atoms with E-state index in [0.29, 0.717) is 0 Å². The zero-order valence-electron chi connectivity index (χ0n) is 16.7. The van der Waals surface area contributed by atoms with Crippen molar-refractivity contribution < 1.29 is 4.74 Å². The molecule has 0 bridgehead atoms. The van der Waals surface area contributed by atoms with Crippen molar-refractivity contribution in [1.82, 2.24) is 5.32 Å². The lowest BCUT2D eigenvalue weighted by Crippen LogP contribution is -2.25.